The molecule has 0 saturated carbocycles. The van der Waals surface area contributed by atoms with Crippen LogP contribution in [0.2, 0.25) is 0 Å². The van der Waals surface area contributed by atoms with E-state index in [1.807, 2.05) is 13.0 Å². The number of aryl methyl sites for hydroxylation is 1. The minimum Gasteiger partial charge on any atom is -0.493 e. The summed E-state index contributed by atoms with van der Waals surface area (Å²) in [7, 11) is -2.59. The van der Waals surface area contributed by atoms with Crippen molar-refractivity contribution in [3.63, 3.8) is 0 Å². The quantitative estimate of drug-likeness (QED) is 0.168. The average molecular weight is 610 g/mol. The maximum absolute atomic E-state index is 13.6. The number of benzene rings is 2. The highest BCUT2D eigenvalue weighted by Crippen LogP contribution is 2.32. The van der Waals surface area contributed by atoms with Crippen LogP contribution in [-0.4, -0.2) is 57.6 Å². The molecule has 2 aromatic heterocycles. The molecule has 43 heavy (non-hydrogen) atoms. The zero-order chi connectivity index (χ0) is 31.1. The summed E-state index contributed by atoms with van der Waals surface area (Å²) >= 11 is 0. The van der Waals surface area contributed by atoms with Gasteiger partial charge in [-0.15, -0.1) is 5.10 Å². The molecule has 0 bridgehead atoms. The standard InChI is InChI=1S/C32H43N5O5S/c1-6-9-10-12-15-23(7-2)31-33-22(4)29-32(39)34-30(35-37(29)31)26-20-25(18-19-28(26)42-8-3)43(40,41)36(5)21-27(38)24-16-13-11-14-17-24/h11,13-14,16-20,23,27,38H,6-10,12,15,21H2,1-5H3,(H,34,35,39). The van der Waals surface area contributed by atoms with E-state index in [1.54, 1.807) is 41.8 Å². The second-order valence-electron chi connectivity index (χ2n) is 10.9. The minimum atomic E-state index is -4.01. The number of nitrogens with zero attached hydrogens (tertiary/aromatic N) is 4. The van der Waals surface area contributed by atoms with Gasteiger partial charge in [-0.1, -0.05) is 69.9 Å². The molecule has 10 nitrogen and oxygen atoms in total. The first-order chi connectivity index (χ1) is 20.6. The van der Waals surface area contributed by atoms with Crippen LogP contribution in [0.1, 0.15) is 88.4 Å². The van der Waals surface area contributed by atoms with Crippen LogP contribution < -0.4 is 10.3 Å². The van der Waals surface area contributed by atoms with E-state index in [0.717, 1.165) is 42.2 Å². The molecule has 2 aromatic carbocycles. The van der Waals surface area contributed by atoms with Gasteiger partial charge in [0.05, 0.1) is 28.9 Å². The molecule has 0 amide bonds. The van der Waals surface area contributed by atoms with Crippen LogP contribution in [0.3, 0.4) is 0 Å². The zero-order valence-corrected chi connectivity index (χ0v) is 26.5. The summed E-state index contributed by atoms with van der Waals surface area (Å²) < 4.78 is 35.8. The number of H-pyrrole nitrogens is 1. The number of aliphatic hydroxyl groups excluding tert-OH is 1. The van der Waals surface area contributed by atoms with Crippen LogP contribution in [0, 0.1) is 6.92 Å². The van der Waals surface area contributed by atoms with Gasteiger partial charge in [-0.25, -0.2) is 17.9 Å². The van der Waals surface area contributed by atoms with Crippen molar-refractivity contribution in [2.24, 2.45) is 0 Å². The molecule has 2 atom stereocenters. The van der Waals surface area contributed by atoms with Gasteiger partial charge in [0, 0.05) is 19.5 Å². The molecular formula is C32H43N5O5S. The number of ether oxygens (including phenoxy) is 1. The second-order valence-corrected chi connectivity index (χ2v) is 12.9. The van der Waals surface area contributed by atoms with Crippen molar-refractivity contribution in [2.45, 2.75) is 83.1 Å². The number of fused-ring (bicyclic) bond motifs is 1. The summed E-state index contributed by atoms with van der Waals surface area (Å²) in [5.74, 6) is 1.43. The molecule has 0 aliphatic carbocycles. The number of likely N-dealkylation sites (N-methyl/N-ethyl adjacent to an activating group) is 1. The zero-order valence-electron chi connectivity index (χ0n) is 25.7. The Morgan fingerprint density at radius 2 is 1.81 bits per heavy atom. The van der Waals surface area contributed by atoms with E-state index in [0.29, 0.717) is 34.7 Å². The third kappa shape index (κ3) is 7.17. The first-order valence-corrected chi connectivity index (χ1v) is 16.5. The van der Waals surface area contributed by atoms with E-state index in [2.05, 4.69) is 18.8 Å². The monoisotopic (exact) mass is 609 g/mol. The SMILES string of the molecule is CCCCCCC(CC)c1nc(C)c2c(=O)[nH]c(-c3cc(S(=O)(=O)N(C)CC(O)c4ccccc4)ccc3OCC)nn12. The third-order valence-electron chi connectivity index (χ3n) is 7.79. The number of imidazole rings is 1. The fourth-order valence-corrected chi connectivity index (χ4v) is 6.55. The fourth-order valence-electron chi connectivity index (χ4n) is 5.35. The van der Waals surface area contributed by atoms with Crippen LogP contribution in [0.4, 0.5) is 0 Å². The second kappa shape index (κ2) is 14.3. The molecule has 2 unspecified atom stereocenters. The molecule has 232 valence electrons. The van der Waals surface area contributed by atoms with E-state index in [1.165, 1.54) is 25.6 Å². The highest BCUT2D eigenvalue weighted by molar-refractivity contribution is 7.89. The third-order valence-corrected chi connectivity index (χ3v) is 9.61. The maximum atomic E-state index is 13.6. The van der Waals surface area contributed by atoms with Gasteiger partial charge in [0.2, 0.25) is 10.0 Å². The van der Waals surface area contributed by atoms with Gasteiger partial charge >= 0.3 is 0 Å². The van der Waals surface area contributed by atoms with Crippen molar-refractivity contribution >= 4 is 15.5 Å². The highest BCUT2D eigenvalue weighted by Gasteiger charge is 2.27. The van der Waals surface area contributed by atoms with Crippen molar-refractivity contribution in [2.75, 3.05) is 20.2 Å². The largest absolute Gasteiger partial charge is 0.493 e. The first kappa shape index (κ1) is 32.4. The molecule has 0 spiro atoms. The number of aromatic nitrogens is 4. The number of rotatable bonds is 15. The van der Waals surface area contributed by atoms with Crippen LogP contribution in [0.25, 0.3) is 16.9 Å². The van der Waals surface area contributed by atoms with Crippen molar-refractivity contribution in [1.29, 1.82) is 0 Å². The molecule has 0 aliphatic rings. The van der Waals surface area contributed by atoms with Crippen molar-refractivity contribution in [1.82, 2.24) is 23.9 Å². The minimum absolute atomic E-state index is 0.0131. The molecule has 0 aliphatic heterocycles. The van der Waals surface area contributed by atoms with Crippen molar-refractivity contribution in [3.05, 3.63) is 76.0 Å². The van der Waals surface area contributed by atoms with Gasteiger partial charge in [-0.2, -0.15) is 4.31 Å². The molecule has 0 saturated heterocycles. The Morgan fingerprint density at radius 3 is 2.49 bits per heavy atom. The number of aromatic amines is 1. The van der Waals surface area contributed by atoms with Gasteiger partial charge in [-0.05, 0) is 50.5 Å². The predicted molar refractivity (Wildman–Crippen MR) is 168 cm³/mol. The lowest BCUT2D eigenvalue weighted by atomic mass is 9.97. The number of nitrogens with one attached hydrogen (secondary N) is 1. The van der Waals surface area contributed by atoms with Gasteiger partial charge in [-0.3, -0.25) is 4.79 Å². The highest BCUT2D eigenvalue weighted by atomic mass is 32.2. The van der Waals surface area contributed by atoms with Gasteiger partial charge in [0.25, 0.3) is 5.56 Å². The Labute approximate surface area is 253 Å². The van der Waals surface area contributed by atoms with E-state index in [9.17, 15) is 18.3 Å². The lowest BCUT2D eigenvalue weighted by Crippen LogP contribution is -2.31. The molecule has 0 radical (unpaired) electrons. The first-order valence-electron chi connectivity index (χ1n) is 15.1. The summed E-state index contributed by atoms with van der Waals surface area (Å²) in [4.78, 5) is 21.0. The summed E-state index contributed by atoms with van der Waals surface area (Å²) in [6, 6.07) is 13.4. The van der Waals surface area contributed by atoms with Crippen LogP contribution >= 0.6 is 0 Å². The molecule has 0 fully saturated rings. The number of aliphatic hydroxyl groups is 1. The van der Waals surface area contributed by atoms with Crippen LogP contribution in [0.5, 0.6) is 5.75 Å². The van der Waals surface area contributed by atoms with E-state index >= 15 is 0 Å². The summed E-state index contributed by atoms with van der Waals surface area (Å²) in [6.07, 6.45) is 5.34. The maximum Gasteiger partial charge on any atom is 0.277 e. The molecule has 4 rings (SSSR count). The number of hydrogen-bond donors (Lipinski definition) is 2. The van der Waals surface area contributed by atoms with Crippen molar-refractivity contribution < 1.29 is 18.3 Å². The van der Waals surface area contributed by atoms with Gasteiger partial charge in [0.15, 0.2) is 11.3 Å². The topological polar surface area (TPSA) is 130 Å². The molecule has 2 heterocycles. The predicted octanol–water partition coefficient (Wildman–Crippen LogP) is 5.61. The Kier molecular flexibility index (Phi) is 10.8. The lowest BCUT2D eigenvalue weighted by Gasteiger charge is -2.21. The molecular weight excluding hydrogens is 566 g/mol. The Morgan fingerprint density at radius 1 is 1.07 bits per heavy atom. The molecule has 11 heteroatoms. The Hall–Kier alpha value is -3.54. The van der Waals surface area contributed by atoms with Gasteiger partial charge in [0.1, 0.15) is 11.6 Å². The lowest BCUT2D eigenvalue weighted by molar-refractivity contribution is 0.155. The number of hydrogen-bond acceptors (Lipinski definition) is 7. The van der Waals surface area contributed by atoms with Crippen LogP contribution in [-0.2, 0) is 10.0 Å². The average Bonchev–Trinajstić information content (AvgIpc) is 3.34. The smallest absolute Gasteiger partial charge is 0.277 e. The normalized spacial score (nSPS) is 13.5. The van der Waals surface area contributed by atoms with E-state index in [-0.39, 0.29) is 28.7 Å². The van der Waals surface area contributed by atoms with E-state index in [4.69, 9.17) is 14.8 Å². The van der Waals surface area contributed by atoms with Crippen LogP contribution in [0.15, 0.2) is 58.2 Å². The Balaban J connectivity index is 1.75. The summed E-state index contributed by atoms with van der Waals surface area (Å²) in [5, 5.41) is 15.5. The fraction of sp³-hybridized carbons (Fsp3) is 0.469. The molecule has 2 N–H and O–H groups in total. The Bertz CT molecular complexity index is 1680. The number of sulfonamides is 1. The summed E-state index contributed by atoms with van der Waals surface area (Å²) in [5.41, 5.74) is 1.58. The molecule has 4 aromatic rings. The van der Waals surface area contributed by atoms with Crippen molar-refractivity contribution in [3.8, 4) is 17.1 Å². The van der Waals surface area contributed by atoms with Gasteiger partial charge < -0.3 is 14.8 Å². The van der Waals surface area contributed by atoms with E-state index < -0.39 is 16.1 Å². The number of unbranched alkanes of at least 4 members (excludes halogenated alkanes) is 3. The summed E-state index contributed by atoms with van der Waals surface area (Å²) in [6.45, 7) is 8.13.